The molecule has 2 N–H and O–H groups in total. The Hall–Kier alpha value is -0.870. The van der Waals surface area contributed by atoms with Crippen LogP contribution in [0.4, 0.5) is 5.69 Å². The maximum Gasteiger partial charge on any atom is 0.241 e. The van der Waals surface area contributed by atoms with Gasteiger partial charge < -0.3 is 10.6 Å². The minimum atomic E-state index is -0.0821. The zero-order valence-electron chi connectivity index (χ0n) is 11.7. The fraction of sp³-hybridized carbons (Fsp3) is 0.533. The van der Waals surface area contributed by atoms with Crippen LogP contribution in [0, 0.1) is 19.8 Å². The molecule has 0 aliphatic carbocycles. The summed E-state index contributed by atoms with van der Waals surface area (Å²) in [5.41, 5.74) is 3.16. The molecule has 1 aliphatic heterocycles. The molecule has 3 nitrogen and oxygen atoms in total. The quantitative estimate of drug-likeness (QED) is 0.875. The van der Waals surface area contributed by atoms with E-state index in [2.05, 4.69) is 39.6 Å². The van der Waals surface area contributed by atoms with E-state index in [9.17, 15) is 4.79 Å². The number of anilines is 1. The van der Waals surface area contributed by atoms with E-state index in [-0.39, 0.29) is 11.9 Å². The Morgan fingerprint density at radius 2 is 2.16 bits per heavy atom. The lowest BCUT2D eigenvalue weighted by molar-refractivity contribution is -0.119. The highest BCUT2D eigenvalue weighted by Gasteiger charge is 2.27. The standard InChI is InChI=1S/C15H21BrN2O/c1-9-7-11(3)13(12(16)8-9)18-15(19)14-10(2)5-4-6-17-14/h7-8,10,14,17H,4-6H2,1-3H3,(H,18,19). The lowest BCUT2D eigenvalue weighted by Crippen LogP contribution is -2.48. The molecular formula is C15H21BrN2O. The van der Waals surface area contributed by atoms with Gasteiger partial charge in [-0.15, -0.1) is 0 Å². The molecule has 1 aromatic carbocycles. The van der Waals surface area contributed by atoms with Gasteiger partial charge in [-0.25, -0.2) is 0 Å². The average molecular weight is 325 g/mol. The van der Waals surface area contributed by atoms with Gasteiger partial charge in [0.1, 0.15) is 0 Å². The largest absolute Gasteiger partial charge is 0.323 e. The molecule has 1 aliphatic rings. The molecule has 0 radical (unpaired) electrons. The Balaban J connectivity index is 2.14. The fourth-order valence-corrected chi connectivity index (χ4v) is 3.45. The van der Waals surface area contributed by atoms with E-state index in [1.54, 1.807) is 0 Å². The Labute approximate surface area is 123 Å². The third kappa shape index (κ3) is 3.37. The molecule has 0 bridgehead atoms. The second kappa shape index (κ2) is 6.06. The van der Waals surface area contributed by atoms with Gasteiger partial charge in [-0.2, -0.15) is 0 Å². The third-order valence-corrected chi connectivity index (χ3v) is 4.36. The summed E-state index contributed by atoms with van der Waals surface area (Å²) >= 11 is 3.53. The van der Waals surface area contributed by atoms with E-state index in [1.807, 2.05) is 19.9 Å². The number of amides is 1. The summed E-state index contributed by atoms with van der Waals surface area (Å²) in [6, 6.07) is 4.03. The van der Waals surface area contributed by atoms with Crippen LogP contribution in [0.3, 0.4) is 0 Å². The highest BCUT2D eigenvalue weighted by atomic mass is 79.9. The van der Waals surface area contributed by atoms with Crippen molar-refractivity contribution in [1.82, 2.24) is 5.32 Å². The Kier molecular flexibility index (Phi) is 4.63. The topological polar surface area (TPSA) is 41.1 Å². The first-order valence-corrected chi connectivity index (χ1v) is 7.59. The van der Waals surface area contributed by atoms with E-state index < -0.39 is 0 Å². The van der Waals surface area contributed by atoms with Crippen LogP contribution in [-0.2, 0) is 4.79 Å². The lowest BCUT2D eigenvalue weighted by atomic mass is 9.92. The molecule has 0 saturated carbocycles. The number of aryl methyl sites for hydroxylation is 2. The van der Waals surface area contributed by atoms with Crippen LogP contribution in [0.25, 0.3) is 0 Å². The van der Waals surface area contributed by atoms with Crippen molar-refractivity contribution in [3.8, 4) is 0 Å². The smallest absolute Gasteiger partial charge is 0.241 e. The van der Waals surface area contributed by atoms with E-state index in [4.69, 9.17) is 0 Å². The molecule has 1 fully saturated rings. The molecule has 1 saturated heterocycles. The van der Waals surface area contributed by atoms with Gasteiger partial charge in [-0.05, 0) is 72.3 Å². The lowest BCUT2D eigenvalue weighted by Gasteiger charge is -2.29. The first-order chi connectivity index (χ1) is 8.99. The number of nitrogens with one attached hydrogen (secondary N) is 2. The van der Waals surface area contributed by atoms with Crippen molar-refractivity contribution in [2.45, 2.75) is 39.7 Å². The van der Waals surface area contributed by atoms with Gasteiger partial charge in [0.05, 0.1) is 11.7 Å². The zero-order valence-corrected chi connectivity index (χ0v) is 13.3. The summed E-state index contributed by atoms with van der Waals surface area (Å²) in [6.45, 7) is 7.13. The summed E-state index contributed by atoms with van der Waals surface area (Å²) in [4.78, 5) is 12.4. The predicted octanol–water partition coefficient (Wildman–Crippen LogP) is 3.39. The molecule has 19 heavy (non-hydrogen) atoms. The van der Waals surface area contributed by atoms with Gasteiger partial charge in [-0.1, -0.05) is 13.0 Å². The van der Waals surface area contributed by atoms with Crippen LogP contribution in [0.2, 0.25) is 0 Å². The molecule has 1 heterocycles. The molecule has 0 aromatic heterocycles. The number of hydrogen-bond acceptors (Lipinski definition) is 2. The maximum atomic E-state index is 12.4. The summed E-state index contributed by atoms with van der Waals surface area (Å²) in [7, 11) is 0. The highest BCUT2D eigenvalue weighted by Crippen LogP contribution is 2.28. The van der Waals surface area contributed by atoms with Crippen LogP contribution >= 0.6 is 15.9 Å². The van der Waals surface area contributed by atoms with E-state index >= 15 is 0 Å². The first kappa shape index (κ1) is 14.5. The Morgan fingerprint density at radius 1 is 1.42 bits per heavy atom. The third-order valence-electron chi connectivity index (χ3n) is 3.73. The van der Waals surface area contributed by atoms with Crippen molar-refractivity contribution in [1.29, 1.82) is 0 Å². The van der Waals surface area contributed by atoms with Crippen molar-refractivity contribution in [2.24, 2.45) is 5.92 Å². The summed E-state index contributed by atoms with van der Waals surface area (Å²) in [5, 5.41) is 6.37. The molecular weight excluding hydrogens is 304 g/mol. The van der Waals surface area contributed by atoms with Gasteiger partial charge in [0.2, 0.25) is 5.91 Å². The number of carbonyl (C=O) groups is 1. The molecule has 2 unspecified atom stereocenters. The van der Waals surface area contributed by atoms with Gasteiger partial charge in [0, 0.05) is 4.47 Å². The van der Waals surface area contributed by atoms with Crippen molar-refractivity contribution in [2.75, 3.05) is 11.9 Å². The second-order valence-electron chi connectivity index (χ2n) is 5.48. The number of benzene rings is 1. The van der Waals surface area contributed by atoms with E-state index in [0.29, 0.717) is 5.92 Å². The van der Waals surface area contributed by atoms with Crippen LogP contribution in [0.1, 0.15) is 30.9 Å². The SMILES string of the molecule is Cc1cc(C)c(NC(=O)C2NCCCC2C)c(Br)c1. The zero-order chi connectivity index (χ0) is 14.0. The number of rotatable bonds is 2. The normalized spacial score (nSPS) is 23.2. The van der Waals surface area contributed by atoms with E-state index in [0.717, 1.165) is 35.1 Å². The molecule has 1 aromatic rings. The fourth-order valence-electron chi connectivity index (χ4n) is 2.68. The summed E-state index contributed by atoms with van der Waals surface area (Å²) < 4.78 is 0.946. The number of carbonyl (C=O) groups excluding carboxylic acids is 1. The maximum absolute atomic E-state index is 12.4. The number of hydrogen-bond donors (Lipinski definition) is 2. The van der Waals surface area contributed by atoms with Crippen LogP contribution in [0.15, 0.2) is 16.6 Å². The van der Waals surface area contributed by atoms with Crippen molar-refractivity contribution in [3.05, 3.63) is 27.7 Å². The monoisotopic (exact) mass is 324 g/mol. The molecule has 2 atom stereocenters. The first-order valence-electron chi connectivity index (χ1n) is 6.80. The Morgan fingerprint density at radius 3 is 2.79 bits per heavy atom. The Bertz CT molecular complexity index is 464. The molecule has 104 valence electrons. The van der Waals surface area contributed by atoms with Crippen molar-refractivity contribution < 1.29 is 4.79 Å². The molecule has 0 spiro atoms. The predicted molar refractivity (Wildman–Crippen MR) is 82.4 cm³/mol. The average Bonchev–Trinajstić information content (AvgIpc) is 2.34. The molecule has 2 rings (SSSR count). The van der Waals surface area contributed by atoms with Crippen LogP contribution in [-0.4, -0.2) is 18.5 Å². The highest BCUT2D eigenvalue weighted by molar-refractivity contribution is 9.10. The minimum absolute atomic E-state index is 0.0693. The van der Waals surface area contributed by atoms with E-state index in [1.165, 1.54) is 5.56 Å². The van der Waals surface area contributed by atoms with Gasteiger partial charge in [0.25, 0.3) is 0 Å². The van der Waals surface area contributed by atoms with Crippen LogP contribution in [0.5, 0.6) is 0 Å². The summed E-state index contributed by atoms with van der Waals surface area (Å²) in [5.74, 6) is 0.457. The number of halogens is 1. The van der Waals surface area contributed by atoms with Gasteiger partial charge in [-0.3, -0.25) is 4.79 Å². The second-order valence-corrected chi connectivity index (χ2v) is 6.33. The van der Waals surface area contributed by atoms with Crippen molar-refractivity contribution >= 4 is 27.5 Å². The minimum Gasteiger partial charge on any atom is -0.323 e. The number of piperidine rings is 1. The van der Waals surface area contributed by atoms with Crippen molar-refractivity contribution in [3.63, 3.8) is 0 Å². The molecule has 4 heteroatoms. The van der Waals surface area contributed by atoms with Gasteiger partial charge in [0.15, 0.2) is 0 Å². The van der Waals surface area contributed by atoms with Gasteiger partial charge >= 0.3 is 0 Å². The molecule has 1 amide bonds. The summed E-state index contributed by atoms with van der Waals surface area (Å²) in [6.07, 6.45) is 2.26. The van der Waals surface area contributed by atoms with Crippen LogP contribution < -0.4 is 10.6 Å².